The van der Waals surface area contributed by atoms with Crippen LogP contribution in [0.3, 0.4) is 0 Å². The topological polar surface area (TPSA) is 92.5 Å². The predicted octanol–water partition coefficient (Wildman–Crippen LogP) is 2.51. The highest BCUT2D eigenvalue weighted by Crippen LogP contribution is 2.27. The van der Waals surface area contributed by atoms with Gasteiger partial charge in [0.2, 0.25) is 0 Å². The van der Waals surface area contributed by atoms with Gasteiger partial charge < -0.3 is 10.2 Å². The highest BCUT2D eigenvalue weighted by molar-refractivity contribution is 6.44. The Morgan fingerprint density at radius 2 is 1.79 bits per heavy atom. The van der Waals surface area contributed by atoms with Crippen LogP contribution in [0, 0.1) is 10.1 Å². The number of amides is 2. The molecular weight excluding hydrogens is 310 g/mol. The van der Waals surface area contributed by atoms with Gasteiger partial charge in [0, 0.05) is 18.3 Å². The van der Waals surface area contributed by atoms with E-state index in [1.54, 1.807) is 12.1 Å². The van der Waals surface area contributed by atoms with Crippen LogP contribution in [-0.2, 0) is 16.0 Å². The number of benzene rings is 2. The number of aryl methyl sites for hydroxylation is 1. The van der Waals surface area contributed by atoms with Crippen molar-refractivity contribution in [1.82, 2.24) is 0 Å². The lowest BCUT2D eigenvalue weighted by atomic mass is 10.0. The van der Waals surface area contributed by atoms with Gasteiger partial charge in [-0.2, -0.15) is 0 Å². The summed E-state index contributed by atoms with van der Waals surface area (Å²) in [6.45, 7) is 0.445. The van der Waals surface area contributed by atoms with Gasteiger partial charge in [-0.25, -0.2) is 0 Å². The van der Waals surface area contributed by atoms with E-state index in [9.17, 15) is 19.7 Å². The van der Waals surface area contributed by atoms with Crippen LogP contribution in [-0.4, -0.2) is 23.3 Å². The fourth-order valence-corrected chi connectivity index (χ4v) is 2.78. The number of para-hydroxylation sites is 3. The van der Waals surface area contributed by atoms with E-state index in [0.717, 1.165) is 18.4 Å². The van der Waals surface area contributed by atoms with Crippen molar-refractivity contribution < 1.29 is 14.5 Å². The van der Waals surface area contributed by atoms with Gasteiger partial charge in [-0.1, -0.05) is 30.3 Å². The summed E-state index contributed by atoms with van der Waals surface area (Å²) in [6.07, 6.45) is 1.62. The quantitative estimate of drug-likeness (QED) is 0.521. The molecule has 0 radical (unpaired) electrons. The summed E-state index contributed by atoms with van der Waals surface area (Å²) >= 11 is 0. The highest BCUT2D eigenvalue weighted by atomic mass is 16.6. The smallest absolute Gasteiger partial charge is 0.312 e. The molecule has 2 aromatic rings. The molecule has 0 aliphatic carbocycles. The summed E-state index contributed by atoms with van der Waals surface area (Å²) in [6, 6.07) is 13.1. The Hall–Kier alpha value is -3.22. The number of carbonyl (C=O) groups is 2. The molecule has 0 unspecified atom stereocenters. The first kappa shape index (κ1) is 15.7. The molecule has 1 heterocycles. The Morgan fingerprint density at radius 1 is 1.08 bits per heavy atom. The SMILES string of the molecule is O=C(Nc1ccccc1[N+](=O)[O-])C(=O)N1CCCc2ccccc21. The number of fused-ring (bicyclic) bond motifs is 1. The van der Waals surface area contributed by atoms with Gasteiger partial charge in [-0.3, -0.25) is 19.7 Å². The van der Waals surface area contributed by atoms with E-state index < -0.39 is 16.7 Å². The van der Waals surface area contributed by atoms with E-state index in [1.807, 2.05) is 18.2 Å². The Labute approximate surface area is 138 Å². The molecule has 0 saturated heterocycles. The van der Waals surface area contributed by atoms with Crippen LogP contribution in [0.5, 0.6) is 0 Å². The molecule has 7 nitrogen and oxygen atoms in total. The maximum Gasteiger partial charge on any atom is 0.316 e. The third-order valence-corrected chi connectivity index (χ3v) is 3.90. The van der Waals surface area contributed by atoms with Gasteiger partial charge in [0.1, 0.15) is 5.69 Å². The summed E-state index contributed by atoms with van der Waals surface area (Å²) in [5, 5.41) is 13.3. The zero-order valence-electron chi connectivity index (χ0n) is 12.8. The second-order valence-corrected chi connectivity index (χ2v) is 5.42. The lowest BCUT2D eigenvalue weighted by molar-refractivity contribution is -0.383. The van der Waals surface area contributed by atoms with Gasteiger partial charge in [0.15, 0.2) is 0 Å². The Kier molecular flexibility index (Phi) is 4.24. The van der Waals surface area contributed by atoms with Crippen LogP contribution < -0.4 is 10.2 Å². The average molecular weight is 325 g/mol. The van der Waals surface area contributed by atoms with Crippen molar-refractivity contribution in [2.45, 2.75) is 12.8 Å². The summed E-state index contributed by atoms with van der Waals surface area (Å²) in [7, 11) is 0. The van der Waals surface area contributed by atoms with Crippen LogP contribution in [0.2, 0.25) is 0 Å². The van der Waals surface area contributed by atoms with Crippen molar-refractivity contribution in [1.29, 1.82) is 0 Å². The molecule has 24 heavy (non-hydrogen) atoms. The number of rotatable bonds is 2. The molecule has 0 fully saturated rings. The van der Waals surface area contributed by atoms with E-state index in [-0.39, 0.29) is 11.4 Å². The third-order valence-electron chi connectivity index (χ3n) is 3.90. The van der Waals surface area contributed by atoms with Gasteiger partial charge in [0.25, 0.3) is 5.69 Å². The minimum atomic E-state index is -0.888. The number of nitro groups is 1. The van der Waals surface area contributed by atoms with E-state index in [4.69, 9.17) is 0 Å². The number of nitrogens with one attached hydrogen (secondary N) is 1. The maximum absolute atomic E-state index is 12.5. The zero-order valence-corrected chi connectivity index (χ0v) is 12.8. The van der Waals surface area contributed by atoms with Gasteiger partial charge in [-0.15, -0.1) is 0 Å². The minimum Gasteiger partial charge on any atom is -0.312 e. The first-order valence-corrected chi connectivity index (χ1v) is 7.52. The van der Waals surface area contributed by atoms with Crippen LogP contribution in [0.25, 0.3) is 0 Å². The van der Waals surface area contributed by atoms with Crippen LogP contribution in [0.15, 0.2) is 48.5 Å². The second-order valence-electron chi connectivity index (χ2n) is 5.42. The van der Waals surface area contributed by atoms with Crippen LogP contribution in [0.4, 0.5) is 17.1 Å². The molecule has 1 N–H and O–H groups in total. The second kappa shape index (κ2) is 6.49. The Balaban J connectivity index is 1.82. The number of nitro benzene ring substituents is 1. The van der Waals surface area contributed by atoms with Crippen molar-refractivity contribution in [2.24, 2.45) is 0 Å². The van der Waals surface area contributed by atoms with E-state index in [0.29, 0.717) is 12.2 Å². The molecule has 0 aromatic heterocycles. The van der Waals surface area contributed by atoms with Crippen molar-refractivity contribution in [2.75, 3.05) is 16.8 Å². The van der Waals surface area contributed by atoms with E-state index in [1.165, 1.54) is 23.1 Å². The first-order chi connectivity index (χ1) is 11.6. The minimum absolute atomic E-state index is 0.00569. The maximum atomic E-state index is 12.5. The molecule has 0 saturated carbocycles. The van der Waals surface area contributed by atoms with Crippen molar-refractivity contribution in [3.63, 3.8) is 0 Å². The average Bonchev–Trinajstić information content (AvgIpc) is 2.61. The van der Waals surface area contributed by atoms with Crippen molar-refractivity contribution in [3.05, 3.63) is 64.2 Å². The molecule has 0 atom stereocenters. The Bertz CT molecular complexity index is 819. The lowest BCUT2D eigenvalue weighted by Crippen LogP contribution is -2.42. The van der Waals surface area contributed by atoms with E-state index >= 15 is 0 Å². The standard InChI is InChI=1S/C17H15N3O4/c21-16(18-13-8-2-4-10-15(13)20(23)24)17(22)19-11-5-7-12-6-1-3-9-14(12)19/h1-4,6,8-10H,5,7,11H2,(H,18,21). The van der Waals surface area contributed by atoms with Gasteiger partial charge in [-0.05, 0) is 30.5 Å². The molecule has 3 rings (SSSR count). The summed E-state index contributed by atoms with van der Waals surface area (Å²) < 4.78 is 0. The monoisotopic (exact) mass is 325 g/mol. The fraction of sp³-hybridized carbons (Fsp3) is 0.176. The number of anilines is 2. The molecule has 0 spiro atoms. The van der Waals surface area contributed by atoms with E-state index in [2.05, 4.69) is 5.32 Å². The van der Waals surface area contributed by atoms with Crippen molar-refractivity contribution >= 4 is 28.9 Å². The van der Waals surface area contributed by atoms with Crippen LogP contribution in [0.1, 0.15) is 12.0 Å². The zero-order chi connectivity index (χ0) is 17.1. The molecular formula is C17H15N3O4. The number of hydrogen-bond acceptors (Lipinski definition) is 4. The first-order valence-electron chi connectivity index (χ1n) is 7.52. The van der Waals surface area contributed by atoms with Gasteiger partial charge in [0.05, 0.1) is 4.92 Å². The summed E-state index contributed by atoms with van der Waals surface area (Å²) in [4.78, 5) is 36.6. The molecule has 7 heteroatoms. The summed E-state index contributed by atoms with van der Waals surface area (Å²) in [5.74, 6) is -1.61. The molecule has 1 aliphatic rings. The molecule has 0 bridgehead atoms. The third kappa shape index (κ3) is 2.96. The normalized spacial score (nSPS) is 13.1. The molecule has 122 valence electrons. The fourth-order valence-electron chi connectivity index (χ4n) is 2.78. The highest BCUT2D eigenvalue weighted by Gasteiger charge is 2.28. The number of nitrogens with zero attached hydrogens (tertiary/aromatic N) is 2. The van der Waals surface area contributed by atoms with Crippen LogP contribution >= 0.6 is 0 Å². The van der Waals surface area contributed by atoms with Gasteiger partial charge >= 0.3 is 11.8 Å². The number of hydrogen-bond donors (Lipinski definition) is 1. The molecule has 1 aliphatic heterocycles. The lowest BCUT2D eigenvalue weighted by Gasteiger charge is -2.28. The summed E-state index contributed by atoms with van der Waals surface area (Å²) in [5.41, 5.74) is 1.48. The number of carbonyl (C=O) groups excluding carboxylic acids is 2. The predicted molar refractivity (Wildman–Crippen MR) is 88.8 cm³/mol. The largest absolute Gasteiger partial charge is 0.316 e. The molecule has 2 aromatic carbocycles. The molecule has 2 amide bonds. The Morgan fingerprint density at radius 3 is 2.58 bits per heavy atom. The van der Waals surface area contributed by atoms with Crippen molar-refractivity contribution in [3.8, 4) is 0 Å².